The van der Waals surface area contributed by atoms with Crippen molar-refractivity contribution < 1.29 is 14.3 Å². The minimum atomic E-state index is -0.433. The Morgan fingerprint density at radius 2 is 1.91 bits per heavy atom. The van der Waals surface area contributed by atoms with Gasteiger partial charge in [-0.1, -0.05) is 31.0 Å². The molecule has 3 aromatic rings. The van der Waals surface area contributed by atoms with Gasteiger partial charge in [0.2, 0.25) is 0 Å². The molecular formula is C35H49N5O3. The molecule has 1 unspecified atom stereocenters. The first-order valence-electron chi connectivity index (χ1n) is 16.2. The van der Waals surface area contributed by atoms with E-state index in [9.17, 15) is 4.79 Å². The lowest BCUT2D eigenvalue weighted by Gasteiger charge is -2.43. The molecule has 0 saturated carbocycles. The number of aromatic nitrogens is 2. The lowest BCUT2D eigenvalue weighted by molar-refractivity contribution is -0.156. The number of nitrogens with zero attached hydrogens (tertiary/aromatic N) is 3. The number of carbonyl (C=O) groups is 1. The quantitative estimate of drug-likeness (QED) is 0.223. The largest absolute Gasteiger partial charge is 0.465 e. The van der Waals surface area contributed by atoms with Crippen LogP contribution >= 0.6 is 0 Å². The fraction of sp³-hybridized carbons (Fsp3) is 0.571. The van der Waals surface area contributed by atoms with Gasteiger partial charge in [-0.2, -0.15) is 0 Å². The van der Waals surface area contributed by atoms with E-state index in [0.717, 1.165) is 97.7 Å². The first-order valence-corrected chi connectivity index (χ1v) is 16.2. The molecule has 0 radical (unpaired) electrons. The third-order valence-electron chi connectivity index (χ3n) is 8.67. The molecule has 1 aromatic carbocycles. The molecule has 3 aliphatic rings. The van der Waals surface area contributed by atoms with Crippen molar-refractivity contribution in [3.8, 4) is 0 Å². The number of hydrogen-bond donors (Lipinski definition) is 2. The molecule has 2 aromatic heterocycles. The lowest BCUT2D eigenvalue weighted by atomic mass is 9.93. The summed E-state index contributed by atoms with van der Waals surface area (Å²) in [5.74, 6) is 1.84. The molecule has 0 bridgehead atoms. The van der Waals surface area contributed by atoms with Gasteiger partial charge in [0.15, 0.2) is 0 Å². The van der Waals surface area contributed by atoms with E-state index in [1.807, 2.05) is 26.1 Å². The minimum Gasteiger partial charge on any atom is -0.465 e. The molecular weight excluding hydrogens is 538 g/mol. The van der Waals surface area contributed by atoms with Crippen molar-refractivity contribution in [3.63, 3.8) is 0 Å². The van der Waals surface area contributed by atoms with Crippen LogP contribution in [0.4, 0.5) is 5.82 Å². The summed E-state index contributed by atoms with van der Waals surface area (Å²) in [4.78, 5) is 24.6. The van der Waals surface area contributed by atoms with Crippen LogP contribution in [0.15, 0.2) is 36.5 Å². The van der Waals surface area contributed by atoms with E-state index in [-0.39, 0.29) is 12.1 Å². The van der Waals surface area contributed by atoms with Gasteiger partial charge in [0, 0.05) is 49.2 Å². The van der Waals surface area contributed by atoms with Crippen molar-refractivity contribution in [2.45, 2.75) is 78.4 Å². The summed E-state index contributed by atoms with van der Waals surface area (Å²) in [6, 6.07) is 10.2. The topological polar surface area (TPSA) is 88.6 Å². The van der Waals surface area contributed by atoms with Crippen molar-refractivity contribution in [2.75, 3.05) is 51.3 Å². The molecule has 1 atom stereocenters. The second-order valence-electron chi connectivity index (χ2n) is 12.4. The van der Waals surface area contributed by atoms with Crippen molar-refractivity contribution in [1.82, 2.24) is 20.2 Å². The number of benzene rings is 1. The van der Waals surface area contributed by atoms with Crippen molar-refractivity contribution in [2.24, 2.45) is 5.92 Å². The average Bonchev–Trinajstić information content (AvgIpc) is 2.97. The number of likely N-dealkylation sites (tertiary alicyclic amines) is 1. The fourth-order valence-electron chi connectivity index (χ4n) is 6.09. The Morgan fingerprint density at radius 1 is 1.09 bits per heavy atom. The minimum absolute atomic E-state index is 0.153. The molecule has 43 heavy (non-hydrogen) atoms. The number of anilines is 1. The molecule has 0 spiro atoms. The second-order valence-corrected chi connectivity index (χ2v) is 12.4. The van der Waals surface area contributed by atoms with Crippen LogP contribution in [0.25, 0.3) is 10.8 Å². The number of ether oxygens (including phenoxy) is 2. The number of rotatable bonds is 11. The number of fused-ring (bicyclic) bond motifs is 2. The Kier molecular flexibility index (Phi) is 11.0. The third kappa shape index (κ3) is 8.11. The number of pyridine rings is 2. The summed E-state index contributed by atoms with van der Waals surface area (Å²) in [5, 5.41) is 8.74. The molecule has 232 valence electrons. The number of nitrogens with one attached hydrogen (secondary N) is 2. The maximum Gasteiger partial charge on any atom is 0.328 e. The highest BCUT2D eigenvalue weighted by Gasteiger charge is 2.39. The van der Waals surface area contributed by atoms with Crippen molar-refractivity contribution >= 4 is 22.6 Å². The van der Waals surface area contributed by atoms with Crippen LogP contribution in [0.3, 0.4) is 0 Å². The van der Waals surface area contributed by atoms with Gasteiger partial charge in [-0.25, -0.2) is 9.78 Å². The van der Waals surface area contributed by atoms with Crippen molar-refractivity contribution in [3.05, 3.63) is 64.6 Å². The van der Waals surface area contributed by atoms with Crippen LogP contribution in [0, 0.1) is 19.8 Å². The molecule has 2 fully saturated rings. The first kappa shape index (κ1) is 31.4. The Labute approximate surface area is 257 Å². The van der Waals surface area contributed by atoms with E-state index >= 15 is 0 Å². The molecule has 5 heterocycles. The predicted molar refractivity (Wildman–Crippen MR) is 173 cm³/mol. The highest BCUT2D eigenvalue weighted by Crippen LogP contribution is 2.34. The van der Waals surface area contributed by atoms with E-state index in [4.69, 9.17) is 14.5 Å². The molecule has 6 rings (SSSR count). The Hall–Kier alpha value is -3.07. The third-order valence-corrected chi connectivity index (χ3v) is 8.67. The smallest absolute Gasteiger partial charge is 0.328 e. The maximum absolute atomic E-state index is 13.1. The standard InChI is InChI=1S/C31H40N4O3.C4H9N/c1-4-37-31(36)29(28-18-21(2)17-27-22(3)32-15-13-26(27)28)35-19-25(20-35)38-16-7-5-6-10-24-12-11-23-9-8-14-33-30(23)34-24;1-4-2-5-3-4/h11-13,15,17-18,25,29H,4-10,14,16,19-20H2,1-3H3,(H,33,34);4-5H,2-3H2,1H3. The van der Waals surface area contributed by atoms with Gasteiger partial charge < -0.3 is 20.1 Å². The van der Waals surface area contributed by atoms with Gasteiger partial charge in [0.25, 0.3) is 0 Å². The summed E-state index contributed by atoms with van der Waals surface area (Å²) in [6.07, 6.45) is 8.57. The van der Waals surface area contributed by atoms with E-state index in [1.165, 1.54) is 30.8 Å². The number of aryl methyl sites for hydroxylation is 4. The second kappa shape index (κ2) is 15.1. The van der Waals surface area contributed by atoms with Crippen LogP contribution in [0.1, 0.15) is 73.7 Å². The van der Waals surface area contributed by atoms with E-state index in [1.54, 1.807) is 0 Å². The molecule has 3 aliphatic heterocycles. The van der Waals surface area contributed by atoms with E-state index in [0.29, 0.717) is 6.61 Å². The summed E-state index contributed by atoms with van der Waals surface area (Å²) < 4.78 is 11.7. The van der Waals surface area contributed by atoms with Gasteiger partial charge in [-0.3, -0.25) is 9.88 Å². The maximum atomic E-state index is 13.1. The lowest BCUT2D eigenvalue weighted by Crippen LogP contribution is -2.55. The Morgan fingerprint density at radius 3 is 2.65 bits per heavy atom. The predicted octanol–water partition coefficient (Wildman–Crippen LogP) is 5.55. The summed E-state index contributed by atoms with van der Waals surface area (Å²) in [7, 11) is 0. The zero-order valence-corrected chi connectivity index (χ0v) is 26.5. The number of unbranched alkanes of at least 4 members (excludes halogenated alkanes) is 2. The van der Waals surface area contributed by atoms with Crippen LogP contribution < -0.4 is 10.6 Å². The van der Waals surface area contributed by atoms with E-state index in [2.05, 4.69) is 58.6 Å². The fourth-order valence-corrected chi connectivity index (χ4v) is 6.09. The van der Waals surface area contributed by atoms with Crippen molar-refractivity contribution in [1.29, 1.82) is 0 Å². The average molecular weight is 588 g/mol. The molecule has 0 amide bonds. The van der Waals surface area contributed by atoms with Gasteiger partial charge in [0.1, 0.15) is 11.9 Å². The molecule has 2 N–H and O–H groups in total. The number of carbonyl (C=O) groups excluding carboxylic acids is 1. The van der Waals surface area contributed by atoms with E-state index < -0.39 is 6.04 Å². The van der Waals surface area contributed by atoms with Gasteiger partial charge in [0.05, 0.1) is 12.7 Å². The zero-order chi connectivity index (χ0) is 30.2. The molecule has 8 nitrogen and oxygen atoms in total. The number of hydrogen-bond acceptors (Lipinski definition) is 8. The molecule has 8 heteroatoms. The normalized spacial score (nSPS) is 17.6. The SMILES string of the molecule is CC1CNC1.CCOC(=O)C(c1cc(C)cc2c(C)nccc12)N1CC(OCCCCCc2ccc3c(n2)NCCC3)C1. The summed E-state index contributed by atoms with van der Waals surface area (Å²) in [5.41, 5.74) is 5.60. The highest BCUT2D eigenvalue weighted by atomic mass is 16.5. The molecule has 0 aliphatic carbocycles. The first-order chi connectivity index (χ1) is 20.9. The van der Waals surface area contributed by atoms with Gasteiger partial charge >= 0.3 is 5.97 Å². The van der Waals surface area contributed by atoms with Crippen LogP contribution in [0.5, 0.6) is 0 Å². The Balaban J connectivity index is 0.000000668. The van der Waals surface area contributed by atoms with Crippen LogP contribution in [-0.4, -0.2) is 72.9 Å². The monoisotopic (exact) mass is 587 g/mol. The van der Waals surface area contributed by atoms with Crippen LogP contribution in [0.2, 0.25) is 0 Å². The zero-order valence-electron chi connectivity index (χ0n) is 26.5. The highest BCUT2D eigenvalue weighted by molar-refractivity contribution is 5.92. The van der Waals surface area contributed by atoms with Gasteiger partial charge in [-0.05, 0) is 107 Å². The summed E-state index contributed by atoms with van der Waals surface area (Å²) >= 11 is 0. The molecule has 2 saturated heterocycles. The summed E-state index contributed by atoms with van der Waals surface area (Å²) in [6.45, 7) is 14.3. The number of esters is 1. The van der Waals surface area contributed by atoms with Crippen LogP contribution in [-0.2, 0) is 27.1 Å². The Bertz CT molecular complexity index is 1370. The van der Waals surface area contributed by atoms with Gasteiger partial charge in [-0.15, -0.1) is 0 Å².